The zero-order valence-corrected chi connectivity index (χ0v) is 10.8. The Balaban J connectivity index is 2.34. The van der Waals surface area contributed by atoms with Crippen molar-refractivity contribution in [3.8, 4) is 0 Å². The van der Waals surface area contributed by atoms with Crippen LogP contribution < -0.4 is 16.0 Å². The third-order valence-corrected chi connectivity index (χ3v) is 2.73. The lowest BCUT2D eigenvalue weighted by molar-refractivity contribution is 0.236. The predicted octanol–water partition coefficient (Wildman–Crippen LogP) is 1.91. The minimum Gasteiger partial charge on any atom is -0.334 e. The van der Waals surface area contributed by atoms with Crippen LogP contribution in [0.5, 0.6) is 0 Å². The lowest BCUT2D eigenvalue weighted by Crippen LogP contribution is -2.48. The van der Waals surface area contributed by atoms with Crippen LogP contribution in [-0.4, -0.2) is 25.2 Å². The number of amides is 2. The summed E-state index contributed by atoms with van der Waals surface area (Å²) in [5.41, 5.74) is 0.841. The summed E-state index contributed by atoms with van der Waals surface area (Å²) in [6, 6.07) is 0.129. The average Bonchev–Trinajstić information content (AvgIpc) is 2.35. The van der Waals surface area contributed by atoms with E-state index in [-0.39, 0.29) is 12.1 Å². The fourth-order valence-electron chi connectivity index (χ4n) is 1.78. The molecule has 2 amide bonds. The van der Waals surface area contributed by atoms with Gasteiger partial charge >= 0.3 is 6.03 Å². The second kappa shape index (κ2) is 7.90. The summed E-state index contributed by atoms with van der Waals surface area (Å²) in [7, 11) is 0. The van der Waals surface area contributed by atoms with E-state index in [2.05, 4.69) is 22.9 Å². The van der Waals surface area contributed by atoms with Crippen LogP contribution in [0.25, 0.3) is 0 Å². The van der Waals surface area contributed by atoms with E-state index in [1.807, 2.05) is 25.2 Å². The number of nitrogens with one attached hydrogen (secondary N) is 3. The van der Waals surface area contributed by atoms with Gasteiger partial charge in [-0.3, -0.25) is 0 Å². The number of carbonyl (C=O) groups excluding carboxylic acids is 1. The number of hydrogen-bond donors (Lipinski definition) is 3. The standard InChI is InChI=1S/C13H23N3O/c1-3-5-7-11(4-2)15-13(17)16-12-8-6-9-14-10-12/h4-5,7,12,14H,3,6,8-10H2,1-2H3,(H2,15,16,17)/b7-5-,11-4+. The van der Waals surface area contributed by atoms with Crippen molar-refractivity contribution in [3.63, 3.8) is 0 Å². The zero-order chi connectivity index (χ0) is 12.5. The topological polar surface area (TPSA) is 53.2 Å². The highest BCUT2D eigenvalue weighted by molar-refractivity contribution is 5.76. The highest BCUT2D eigenvalue weighted by Gasteiger charge is 2.14. The van der Waals surface area contributed by atoms with Crippen molar-refractivity contribution in [1.82, 2.24) is 16.0 Å². The third kappa shape index (κ3) is 5.54. The summed E-state index contributed by atoms with van der Waals surface area (Å²) >= 11 is 0. The molecule has 0 aromatic heterocycles. The quantitative estimate of drug-likeness (QED) is 0.654. The molecular weight excluding hydrogens is 214 g/mol. The third-order valence-electron chi connectivity index (χ3n) is 2.73. The van der Waals surface area contributed by atoms with Gasteiger partial charge in [-0.1, -0.05) is 19.1 Å². The van der Waals surface area contributed by atoms with Gasteiger partial charge in [0.05, 0.1) is 0 Å². The van der Waals surface area contributed by atoms with Crippen molar-refractivity contribution in [1.29, 1.82) is 0 Å². The lowest BCUT2D eigenvalue weighted by atomic mass is 10.1. The van der Waals surface area contributed by atoms with Crippen molar-refractivity contribution in [3.05, 3.63) is 23.9 Å². The van der Waals surface area contributed by atoms with Crippen molar-refractivity contribution in [2.75, 3.05) is 13.1 Å². The molecule has 1 atom stereocenters. The molecule has 0 aromatic rings. The summed E-state index contributed by atoms with van der Waals surface area (Å²) in [5, 5.41) is 9.09. The first-order valence-corrected chi connectivity index (χ1v) is 6.37. The maximum absolute atomic E-state index is 11.7. The van der Waals surface area contributed by atoms with Crippen molar-refractivity contribution < 1.29 is 4.79 Å². The van der Waals surface area contributed by atoms with E-state index in [9.17, 15) is 4.79 Å². The number of hydrogen-bond acceptors (Lipinski definition) is 2. The van der Waals surface area contributed by atoms with Crippen LogP contribution in [0.4, 0.5) is 4.79 Å². The number of allylic oxidation sites excluding steroid dienone is 3. The van der Waals surface area contributed by atoms with Crippen LogP contribution in [-0.2, 0) is 0 Å². The molecule has 1 aliphatic heterocycles. The van der Waals surface area contributed by atoms with Crippen LogP contribution in [0.1, 0.15) is 33.1 Å². The smallest absolute Gasteiger partial charge is 0.319 e. The van der Waals surface area contributed by atoms with E-state index < -0.39 is 0 Å². The van der Waals surface area contributed by atoms with Gasteiger partial charge in [0.2, 0.25) is 0 Å². The van der Waals surface area contributed by atoms with Crippen LogP contribution in [0.15, 0.2) is 23.9 Å². The highest BCUT2D eigenvalue weighted by Crippen LogP contribution is 2.01. The molecule has 0 bridgehead atoms. The number of carbonyl (C=O) groups is 1. The molecule has 0 spiro atoms. The Labute approximate surface area is 104 Å². The first-order chi connectivity index (χ1) is 8.26. The highest BCUT2D eigenvalue weighted by atomic mass is 16.2. The average molecular weight is 237 g/mol. The Morgan fingerprint density at radius 3 is 2.94 bits per heavy atom. The second-order valence-corrected chi connectivity index (χ2v) is 4.20. The van der Waals surface area contributed by atoms with Gasteiger partial charge in [-0.2, -0.15) is 0 Å². The Kier molecular flexibility index (Phi) is 6.40. The summed E-state index contributed by atoms with van der Waals surface area (Å²) in [5.74, 6) is 0. The van der Waals surface area contributed by atoms with Gasteiger partial charge in [-0.15, -0.1) is 0 Å². The molecule has 4 nitrogen and oxygen atoms in total. The molecule has 1 fully saturated rings. The Morgan fingerprint density at radius 2 is 2.35 bits per heavy atom. The normalized spacial score (nSPS) is 21.5. The predicted molar refractivity (Wildman–Crippen MR) is 70.7 cm³/mol. The number of rotatable bonds is 4. The fourth-order valence-corrected chi connectivity index (χ4v) is 1.78. The molecule has 17 heavy (non-hydrogen) atoms. The van der Waals surface area contributed by atoms with Gasteiger partial charge in [0.15, 0.2) is 0 Å². The first kappa shape index (κ1) is 13.8. The molecule has 96 valence electrons. The van der Waals surface area contributed by atoms with E-state index in [1.54, 1.807) is 0 Å². The van der Waals surface area contributed by atoms with Crippen molar-refractivity contribution >= 4 is 6.03 Å². The van der Waals surface area contributed by atoms with Crippen LogP contribution in [0, 0.1) is 0 Å². The molecule has 3 N–H and O–H groups in total. The lowest BCUT2D eigenvalue weighted by Gasteiger charge is -2.23. The van der Waals surface area contributed by atoms with E-state index in [0.29, 0.717) is 0 Å². The molecule has 0 saturated carbocycles. The van der Waals surface area contributed by atoms with Gasteiger partial charge in [-0.05, 0) is 38.8 Å². The Hall–Kier alpha value is -1.29. The molecular formula is C13H23N3O. The van der Waals surface area contributed by atoms with E-state index in [0.717, 1.165) is 38.0 Å². The molecule has 0 aliphatic carbocycles. The van der Waals surface area contributed by atoms with Crippen LogP contribution in [0.2, 0.25) is 0 Å². The summed E-state index contributed by atoms with van der Waals surface area (Å²) in [6.07, 6.45) is 8.99. The van der Waals surface area contributed by atoms with Gasteiger partial charge < -0.3 is 16.0 Å². The summed E-state index contributed by atoms with van der Waals surface area (Å²) in [6.45, 7) is 5.90. The Morgan fingerprint density at radius 1 is 1.53 bits per heavy atom. The first-order valence-electron chi connectivity index (χ1n) is 6.37. The van der Waals surface area contributed by atoms with Gasteiger partial charge in [0, 0.05) is 18.3 Å². The molecule has 1 saturated heterocycles. The molecule has 0 radical (unpaired) electrons. The van der Waals surface area contributed by atoms with E-state index >= 15 is 0 Å². The van der Waals surface area contributed by atoms with Crippen LogP contribution >= 0.6 is 0 Å². The molecule has 0 aromatic carbocycles. The molecule has 1 aliphatic rings. The Bertz CT molecular complexity index is 291. The summed E-state index contributed by atoms with van der Waals surface area (Å²) in [4.78, 5) is 11.7. The largest absolute Gasteiger partial charge is 0.334 e. The maximum atomic E-state index is 11.7. The van der Waals surface area contributed by atoms with Gasteiger partial charge in [-0.25, -0.2) is 4.79 Å². The molecule has 1 unspecified atom stereocenters. The second-order valence-electron chi connectivity index (χ2n) is 4.20. The molecule has 1 rings (SSSR count). The minimum atomic E-state index is -0.118. The van der Waals surface area contributed by atoms with Gasteiger partial charge in [0.25, 0.3) is 0 Å². The monoisotopic (exact) mass is 237 g/mol. The molecule has 4 heteroatoms. The fraction of sp³-hybridized carbons (Fsp3) is 0.615. The zero-order valence-electron chi connectivity index (χ0n) is 10.8. The van der Waals surface area contributed by atoms with Gasteiger partial charge in [0.1, 0.15) is 0 Å². The van der Waals surface area contributed by atoms with Crippen molar-refractivity contribution in [2.45, 2.75) is 39.2 Å². The SMILES string of the molecule is C/C=C(\C=C/CC)NC(=O)NC1CCCNC1. The number of urea groups is 1. The van der Waals surface area contributed by atoms with Crippen LogP contribution in [0.3, 0.4) is 0 Å². The van der Waals surface area contributed by atoms with Crippen molar-refractivity contribution in [2.24, 2.45) is 0 Å². The van der Waals surface area contributed by atoms with E-state index in [1.165, 1.54) is 0 Å². The molecule has 1 heterocycles. The van der Waals surface area contributed by atoms with E-state index in [4.69, 9.17) is 0 Å². The number of piperidine rings is 1. The summed E-state index contributed by atoms with van der Waals surface area (Å²) < 4.78 is 0. The maximum Gasteiger partial charge on any atom is 0.319 e. The minimum absolute atomic E-state index is 0.118.